The van der Waals surface area contributed by atoms with E-state index in [0.29, 0.717) is 6.04 Å². The standard InChI is InChI=1S/C10H20N2/c11-7-10-5-2-6-12(10)8-9-3-1-4-9/h9-10H,1-8,11H2. The molecular weight excluding hydrogens is 148 g/mol. The minimum Gasteiger partial charge on any atom is -0.329 e. The molecule has 0 spiro atoms. The van der Waals surface area contributed by atoms with E-state index in [2.05, 4.69) is 4.90 Å². The summed E-state index contributed by atoms with van der Waals surface area (Å²) in [7, 11) is 0. The van der Waals surface area contributed by atoms with Crippen molar-refractivity contribution in [3.63, 3.8) is 0 Å². The quantitative estimate of drug-likeness (QED) is 0.686. The number of hydrogen-bond acceptors (Lipinski definition) is 2. The van der Waals surface area contributed by atoms with E-state index in [4.69, 9.17) is 5.73 Å². The minimum atomic E-state index is 0.714. The van der Waals surface area contributed by atoms with Gasteiger partial charge in [-0.3, -0.25) is 4.90 Å². The fourth-order valence-corrected chi connectivity index (χ4v) is 2.41. The molecule has 1 saturated heterocycles. The van der Waals surface area contributed by atoms with Gasteiger partial charge in [-0.25, -0.2) is 0 Å². The molecule has 0 aromatic heterocycles. The summed E-state index contributed by atoms with van der Waals surface area (Å²) in [5.41, 5.74) is 5.72. The molecule has 2 aliphatic rings. The van der Waals surface area contributed by atoms with Crippen LogP contribution >= 0.6 is 0 Å². The summed E-state index contributed by atoms with van der Waals surface area (Å²) in [5, 5.41) is 0. The van der Waals surface area contributed by atoms with E-state index in [1.165, 1.54) is 45.2 Å². The van der Waals surface area contributed by atoms with Crippen molar-refractivity contribution in [3.05, 3.63) is 0 Å². The molecule has 2 heteroatoms. The summed E-state index contributed by atoms with van der Waals surface area (Å²) in [6.07, 6.45) is 7.10. The molecule has 1 unspecified atom stereocenters. The summed E-state index contributed by atoms with van der Waals surface area (Å²) >= 11 is 0. The van der Waals surface area contributed by atoms with E-state index in [1.54, 1.807) is 0 Å². The number of hydrogen-bond donors (Lipinski definition) is 1. The van der Waals surface area contributed by atoms with Crippen LogP contribution in [0.25, 0.3) is 0 Å². The van der Waals surface area contributed by atoms with Crippen molar-refractivity contribution in [2.24, 2.45) is 11.7 Å². The Morgan fingerprint density at radius 3 is 2.58 bits per heavy atom. The van der Waals surface area contributed by atoms with Crippen molar-refractivity contribution in [2.75, 3.05) is 19.6 Å². The van der Waals surface area contributed by atoms with E-state index in [9.17, 15) is 0 Å². The third-order valence-electron chi connectivity index (χ3n) is 3.49. The third-order valence-corrected chi connectivity index (χ3v) is 3.49. The van der Waals surface area contributed by atoms with Crippen molar-refractivity contribution in [1.82, 2.24) is 4.90 Å². The molecule has 12 heavy (non-hydrogen) atoms. The summed E-state index contributed by atoms with van der Waals surface area (Å²) in [6, 6.07) is 0.714. The van der Waals surface area contributed by atoms with Crippen LogP contribution in [0.5, 0.6) is 0 Å². The number of likely N-dealkylation sites (tertiary alicyclic amines) is 1. The van der Waals surface area contributed by atoms with Crippen LogP contribution in [0.15, 0.2) is 0 Å². The topological polar surface area (TPSA) is 29.3 Å². The first-order chi connectivity index (χ1) is 5.90. The second-order valence-corrected chi connectivity index (χ2v) is 4.32. The molecule has 2 N–H and O–H groups in total. The van der Waals surface area contributed by atoms with E-state index >= 15 is 0 Å². The Kier molecular flexibility index (Phi) is 2.66. The fourth-order valence-electron chi connectivity index (χ4n) is 2.41. The van der Waals surface area contributed by atoms with Crippen LogP contribution in [0.1, 0.15) is 32.1 Å². The highest BCUT2D eigenvalue weighted by Crippen LogP contribution is 2.29. The molecule has 0 amide bonds. The Morgan fingerprint density at radius 1 is 1.17 bits per heavy atom. The highest BCUT2D eigenvalue weighted by atomic mass is 15.2. The smallest absolute Gasteiger partial charge is 0.0219 e. The molecule has 0 aromatic rings. The van der Waals surface area contributed by atoms with Crippen LogP contribution in [0.2, 0.25) is 0 Å². The lowest BCUT2D eigenvalue weighted by Gasteiger charge is -2.32. The van der Waals surface area contributed by atoms with Crippen molar-refractivity contribution in [3.8, 4) is 0 Å². The van der Waals surface area contributed by atoms with Gasteiger partial charge < -0.3 is 5.73 Å². The minimum absolute atomic E-state index is 0.714. The Hall–Kier alpha value is -0.0800. The molecule has 2 fully saturated rings. The summed E-state index contributed by atoms with van der Waals surface area (Å²) in [4.78, 5) is 2.61. The summed E-state index contributed by atoms with van der Waals surface area (Å²) in [5.74, 6) is 1.01. The molecule has 0 radical (unpaired) electrons. The van der Waals surface area contributed by atoms with Crippen LogP contribution in [-0.2, 0) is 0 Å². The van der Waals surface area contributed by atoms with Crippen LogP contribution in [0.4, 0.5) is 0 Å². The van der Waals surface area contributed by atoms with Crippen LogP contribution in [-0.4, -0.2) is 30.6 Å². The maximum atomic E-state index is 5.72. The van der Waals surface area contributed by atoms with Crippen LogP contribution in [0.3, 0.4) is 0 Å². The first kappa shape index (κ1) is 8.52. The van der Waals surface area contributed by atoms with E-state index in [-0.39, 0.29) is 0 Å². The van der Waals surface area contributed by atoms with Crippen molar-refractivity contribution >= 4 is 0 Å². The molecule has 1 atom stereocenters. The van der Waals surface area contributed by atoms with Gasteiger partial charge in [0.2, 0.25) is 0 Å². The van der Waals surface area contributed by atoms with Crippen LogP contribution in [0, 0.1) is 5.92 Å². The third kappa shape index (κ3) is 1.64. The number of nitrogens with two attached hydrogens (primary N) is 1. The predicted octanol–water partition coefficient (Wildman–Crippen LogP) is 1.21. The highest BCUT2D eigenvalue weighted by Gasteiger charge is 2.27. The number of rotatable bonds is 3. The molecular formula is C10H20N2. The zero-order chi connectivity index (χ0) is 8.39. The second kappa shape index (κ2) is 3.75. The first-order valence-corrected chi connectivity index (χ1v) is 5.34. The van der Waals surface area contributed by atoms with Gasteiger partial charge in [-0.05, 0) is 38.1 Å². The van der Waals surface area contributed by atoms with Gasteiger partial charge in [0.1, 0.15) is 0 Å². The maximum absolute atomic E-state index is 5.72. The largest absolute Gasteiger partial charge is 0.329 e. The lowest BCUT2D eigenvalue weighted by Crippen LogP contribution is -2.39. The normalized spacial score (nSPS) is 32.2. The lowest BCUT2D eigenvalue weighted by atomic mass is 9.85. The lowest BCUT2D eigenvalue weighted by molar-refractivity contribution is 0.169. The van der Waals surface area contributed by atoms with Crippen LogP contribution < -0.4 is 5.73 Å². The molecule has 2 rings (SSSR count). The van der Waals surface area contributed by atoms with Crippen molar-refractivity contribution < 1.29 is 0 Å². The van der Waals surface area contributed by atoms with Gasteiger partial charge in [-0.15, -0.1) is 0 Å². The van der Waals surface area contributed by atoms with Crippen molar-refractivity contribution in [2.45, 2.75) is 38.1 Å². The van der Waals surface area contributed by atoms with E-state index in [0.717, 1.165) is 12.5 Å². The first-order valence-electron chi connectivity index (χ1n) is 5.34. The van der Waals surface area contributed by atoms with Gasteiger partial charge in [0.25, 0.3) is 0 Å². The molecule has 1 aliphatic carbocycles. The maximum Gasteiger partial charge on any atom is 0.0219 e. The average Bonchev–Trinajstić information content (AvgIpc) is 2.43. The summed E-state index contributed by atoms with van der Waals surface area (Å²) < 4.78 is 0. The van der Waals surface area contributed by atoms with Gasteiger partial charge >= 0.3 is 0 Å². The van der Waals surface area contributed by atoms with Gasteiger partial charge in [-0.2, -0.15) is 0 Å². The highest BCUT2D eigenvalue weighted by molar-refractivity contribution is 4.83. The van der Waals surface area contributed by atoms with Gasteiger partial charge in [0, 0.05) is 19.1 Å². The van der Waals surface area contributed by atoms with Gasteiger partial charge in [0.15, 0.2) is 0 Å². The monoisotopic (exact) mass is 168 g/mol. The van der Waals surface area contributed by atoms with E-state index < -0.39 is 0 Å². The fraction of sp³-hybridized carbons (Fsp3) is 1.00. The molecule has 1 heterocycles. The zero-order valence-electron chi connectivity index (χ0n) is 7.84. The Balaban J connectivity index is 1.77. The molecule has 70 valence electrons. The molecule has 1 aliphatic heterocycles. The Morgan fingerprint density at radius 2 is 2.00 bits per heavy atom. The predicted molar refractivity (Wildman–Crippen MR) is 51.0 cm³/mol. The molecule has 0 bridgehead atoms. The molecule has 1 saturated carbocycles. The number of nitrogens with zero attached hydrogens (tertiary/aromatic N) is 1. The van der Waals surface area contributed by atoms with Gasteiger partial charge in [0.05, 0.1) is 0 Å². The second-order valence-electron chi connectivity index (χ2n) is 4.32. The zero-order valence-corrected chi connectivity index (χ0v) is 7.84. The van der Waals surface area contributed by atoms with Crippen molar-refractivity contribution in [1.29, 1.82) is 0 Å². The SMILES string of the molecule is NCC1CCCN1CC1CCC1. The molecule has 2 nitrogen and oxygen atoms in total. The Bertz CT molecular complexity index is 143. The summed E-state index contributed by atoms with van der Waals surface area (Å²) in [6.45, 7) is 3.51. The van der Waals surface area contributed by atoms with E-state index in [1.807, 2.05) is 0 Å². The van der Waals surface area contributed by atoms with Gasteiger partial charge in [-0.1, -0.05) is 6.42 Å². The average molecular weight is 168 g/mol. The molecule has 0 aromatic carbocycles. The Labute approximate surface area is 75.1 Å².